The number of hydrazine groups is 2. The molecule has 0 radical (unpaired) electrons. The van der Waals surface area contributed by atoms with Crippen LogP contribution >= 0.6 is 0 Å². The molecule has 0 aliphatic rings. The molecule has 0 bridgehead atoms. The first-order valence-electron chi connectivity index (χ1n) is 6.42. The SMILES string of the molecule is C=C.C=C(CC(=C)NN(C)C(=[Se])c1ccccc1)NNC. The van der Waals surface area contributed by atoms with Gasteiger partial charge in [-0.15, -0.1) is 13.2 Å². The fourth-order valence-electron chi connectivity index (χ4n) is 1.58. The normalized spacial score (nSPS) is 8.86. The summed E-state index contributed by atoms with van der Waals surface area (Å²) in [5.74, 6) is 0. The molecule has 1 aromatic carbocycles. The summed E-state index contributed by atoms with van der Waals surface area (Å²) in [4.78, 5) is 0. The number of rotatable bonds is 8. The summed E-state index contributed by atoms with van der Waals surface area (Å²) in [6, 6.07) is 10.1. The maximum atomic E-state index is 3.98. The molecule has 4 nitrogen and oxygen atoms in total. The average molecular weight is 351 g/mol. The molecular weight excluding hydrogens is 327 g/mol. The average Bonchev–Trinajstić information content (AvgIpc) is 2.49. The third kappa shape index (κ3) is 7.51. The van der Waals surface area contributed by atoms with E-state index in [-0.39, 0.29) is 0 Å². The molecule has 0 aliphatic heterocycles. The second-order valence-electron chi connectivity index (χ2n) is 4.10. The monoisotopic (exact) mass is 352 g/mol. The molecule has 0 atom stereocenters. The zero-order valence-corrected chi connectivity index (χ0v) is 14.5. The van der Waals surface area contributed by atoms with Gasteiger partial charge in [-0.3, -0.25) is 0 Å². The number of hydrogen-bond donors (Lipinski definition) is 3. The van der Waals surface area contributed by atoms with E-state index in [0.29, 0.717) is 6.42 Å². The molecule has 0 spiro atoms. The quantitative estimate of drug-likeness (QED) is 0.379. The summed E-state index contributed by atoms with van der Waals surface area (Å²) in [6.07, 6.45) is 0.646. The van der Waals surface area contributed by atoms with Crippen LogP contribution < -0.4 is 16.3 Å². The van der Waals surface area contributed by atoms with Crippen molar-refractivity contribution < 1.29 is 0 Å². The third-order valence-electron chi connectivity index (χ3n) is 2.38. The number of nitrogens with one attached hydrogen (secondary N) is 3. The van der Waals surface area contributed by atoms with E-state index in [1.165, 1.54) is 0 Å². The molecule has 0 aliphatic carbocycles. The van der Waals surface area contributed by atoms with E-state index in [2.05, 4.69) is 58.2 Å². The van der Waals surface area contributed by atoms with Crippen molar-refractivity contribution in [2.45, 2.75) is 6.42 Å². The molecule has 3 N–H and O–H groups in total. The molecule has 5 heteroatoms. The summed E-state index contributed by atoms with van der Waals surface area (Å²) < 4.78 is 1.01. The van der Waals surface area contributed by atoms with E-state index in [1.807, 2.05) is 42.4 Å². The number of hydrogen-bond acceptors (Lipinski definition) is 4. The molecule has 0 amide bonds. The Morgan fingerprint density at radius 1 is 1.14 bits per heavy atom. The van der Waals surface area contributed by atoms with Gasteiger partial charge in [0.2, 0.25) is 0 Å². The Morgan fingerprint density at radius 3 is 2.24 bits per heavy atom. The molecule has 0 saturated carbocycles. The Hall–Kier alpha value is -1.81. The van der Waals surface area contributed by atoms with Crippen molar-refractivity contribution in [3.8, 4) is 0 Å². The van der Waals surface area contributed by atoms with E-state index in [1.54, 1.807) is 7.05 Å². The second-order valence-corrected chi connectivity index (χ2v) is 4.91. The molecule has 114 valence electrons. The zero-order chi connectivity index (χ0) is 16.3. The van der Waals surface area contributed by atoms with E-state index in [4.69, 9.17) is 0 Å². The number of benzene rings is 1. The van der Waals surface area contributed by atoms with Gasteiger partial charge in [0.1, 0.15) is 0 Å². The van der Waals surface area contributed by atoms with Gasteiger partial charge in [0.15, 0.2) is 0 Å². The molecule has 0 aromatic heterocycles. The minimum atomic E-state index is 0.646. The molecule has 0 unspecified atom stereocenters. The summed E-state index contributed by atoms with van der Waals surface area (Å²) in [5, 5.41) is 1.91. The van der Waals surface area contributed by atoms with Crippen LogP contribution in [0.4, 0.5) is 0 Å². The van der Waals surface area contributed by atoms with E-state index < -0.39 is 0 Å². The van der Waals surface area contributed by atoms with Crippen molar-refractivity contribution in [3.63, 3.8) is 0 Å². The predicted molar refractivity (Wildman–Crippen MR) is 93.6 cm³/mol. The summed E-state index contributed by atoms with van der Waals surface area (Å²) in [5.41, 5.74) is 11.8. The summed E-state index contributed by atoms with van der Waals surface area (Å²) in [7, 11) is 3.74. The van der Waals surface area contributed by atoms with Gasteiger partial charge in [-0.05, 0) is 0 Å². The minimum absolute atomic E-state index is 0.646. The van der Waals surface area contributed by atoms with Gasteiger partial charge in [0, 0.05) is 0 Å². The van der Waals surface area contributed by atoms with E-state index >= 15 is 0 Å². The van der Waals surface area contributed by atoms with Crippen LogP contribution in [0, 0.1) is 0 Å². The first-order valence-corrected chi connectivity index (χ1v) is 7.28. The topological polar surface area (TPSA) is 39.3 Å². The van der Waals surface area contributed by atoms with Crippen LogP contribution in [-0.4, -0.2) is 39.2 Å². The fraction of sp³-hybridized carbons (Fsp3) is 0.188. The van der Waals surface area contributed by atoms with Crippen molar-refractivity contribution in [2.24, 2.45) is 0 Å². The Morgan fingerprint density at radius 2 is 1.71 bits per heavy atom. The maximum absolute atomic E-state index is 3.98. The Balaban J connectivity index is 0.00000191. The molecule has 0 saturated heterocycles. The predicted octanol–water partition coefficient (Wildman–Crippen LogP) is 1.71. The zero-order valence-electron chi connectivity index (χ0n) is 12.8. The van der Waals surface area contributed by atoms with Gasteiger partial charge < -0.3 is 0 Å². The van der Waals surface area contributed by atoms with Crippen molar-refractivity contribution in [2.75, 3.05) is 14.1 Å². The molecule has 1 aromatic rings. The van der Waals surface area contributed by atoms with Crippen LogP contribution in [0.2, 0.25) is 0 Å². The van der Waals surface area contributed by atoms with Gasteiger partial charge in [-0.25, -0.2) is 0 Å². The standard InChI is InChI=1S/C14H20N4Se.C2H4/c1-11(16-15-3)10-12(2)17-18(4)14(19)13-8-6-5-7-9-13;1-2/h5-9,15-17H,1-2,10H2,3-4H3;1-2H2. The summed E-state index contributed by atoms with van der Waals surface area (Å²) in [6.45, 7) is 13.9. The van der Waals surface area contributed by atoms with Gasteiger partial charge >= 0.3 is 122 Å². The van der Waals surface area contributed by atoms with Crippen molar-refractivity contribution >= 4 is 20.1 Å². The Bertz CT molecular complexity index is 470. The molecule has 21 heavy (non-hydrogen) atoms. The first-order chi connectivity index (χ1) is 10.0. The fourth-order valence-corrected chi connectivity index (χ4v) is 1.96. The second kappa shape index (κ2) is 10.9. The third-order valence-corrected chi connectivity index (χ3v) is 3.45. The van der Waals surface area contributed by atoms with Gasteiger partial charge in [-0.1, -0.05) is 0 Å². The molecular formula is C16H24N4Se. The summed E-state index contributed by atoms with van der Waals surface area (Å²) >= 11 is 3.07. The molecule has 0 heterocycles. The van der Waals surface area contributed by atoms with Crippen LogP contribution in [0.25, 0.3) is 0 Å². The van der Waals surface area contributed by atoms with Crippen LogP contribution in [0.3, 0.4) is 0 Å². The van der Waals surface area contributed by atoms with Crippen molar-refractivity contribution in [1.29, 1.82) is 0 Å². The Kier molecular flexibility index (Phi) is 9.97. The van der Waals surface area contributed by atoms with Crippen molar-refractivity contribution in [1.82, 2.24) is 21.3 Å². The van der Waals surface area contributed by atoms with Crippen LogP contribution in [0.15, 0.2) is 68.0 Å². The molecule has 1 rings (SSSR count). The number of nitrogens with zero attached hydrogens (tertiary/aromatic N) is 1. The van der Waals surface area contributed by atoms with E-state index in [9.17, 15) is 0 Å². The molecule has 0 fully saturated rings. The van der Waals surface area contributed by atoms with Gasteiger partial charge in [0.25, 0.3) is 0 Å². The first kappa shape index (κ1) is 19.2. The van der Waals surface area contributed by atoms with Gasteiger partial charge in [0.05, 0.1) is 0 Å². The van der Waals surface area contributed by atoms with E-state index in [0.717, 1.165) is 21.5 Å². The van der Waals surface area contributed by atoms with Crippen LogP contribution in [-0.2, 0) is 0 Å². The van der Waals surface area contributed by atoms with Crippen LogP contribution in [0.1, 0.15) is 12.0 Å². The Labute approximate surface area is 135 Å². The van der Waals surface area contributed by atoms with Gasteiger partial charge in [-0.2, -0.15) is 0 Å². The van der Waals surface area contributed by atoms with Crippen molar-refractivity contribution in [3.05, 3.63) is 73.6 Å². The van der Waals surface area contributed by atoms with Crippen LogP contribution in [0.5, 0.6) is 0 Å².